The topological polar surface area (TPSA) is 144 Å². The van der Waals surface area contributed by atoms with Gasteiger partial charge in [0.25, 0.3) is 0 Å². The van der Waals surface area contributed by atoms with Gasteiger partial charge in [-0.25, -0.2) is 9.78 Å². The molecule has 1 fully saturated rings. The van der Waals surface area contributed by atoms with Gasteiger partial charge in [0.2, 0.25) is 11.8 Å². The third kappa shape index (κ3) is 7.87. The SMILES string of the molecule is CC(C)(Cc1ccc(Oc2ccc(C(N)=O)cn2)cc1)NC[C@H](O)COc1cccc2[nH]c(=O)n(CC3CC3)c12.Cl. The molecule has 1 aliphatic rings. The number of aromatic nitrogens is 3. The minimum atomic E-state index is -0.735. The lowest BCUT2D eigenvalue weighted by molar-refractivity contribution is 0.0993. The number of H-pyrrole nitrogens is 1. The van der Waals surface area contributed by atoms with Crippen LogP contribution in [0.15, 0.2) is 65.6 Å². The van der Waals surface area contributed by atoms with Crippen LogP contribution >= 0.6 is 12.4 Å². The van der Waals surface area contributed by atoms with E-state index in [2.05, 4.69) is 29.1 Å². The smallest absolute Gasteiger partial charge is 0.326 e. The number of fused-ring (bicyclic) bond motifs is 1. The lowest BCUT2D eigenvalue weighted by Crippen LogP contribution is -2.46. The number of amides is 1. The van der Waals surface area contributed by atoms with Crippen molar-refractivity contribution in [3.63, 3.8) is 0 Å². The van der Waals surface area contributed by atoms with Gasteiger partial charge in [0, 0.05) is 30.9 Å². The highest BCUT2D eigenvalue weighted by Gasteiger charge is 2.25. The molecule has 218 valence electrons. The van der Waals surface area contributed by atoms with E-state index in [0.29, 0.717) is 41.9 Å². The van der Waals surface area contributed by atoms with Gasteiger partial charge in [0.15, 0.2) is 0 Å². The highest BCUT2D eigenvalue weighted by Crippen LogP contribution is 2.32. The Bertz CT molecular complexity index is 1530. The van der Waals surface area contributed by atoms with Crippen molar-refractivity contribution in [1.29, 1.82) is 0 Å². The summed E-state index contributed by atoms with van der Waals surface area (Å²) in [5, 5.41) is 14.1. The first kappa shape index (κ1) is 30.1. The van der Waals surface area contributed by atoms with Crippen LogP contribution in [0.25, 0.3) is 11.0 Å². The number of carbonyl (C=O) groups is 1. The summed E-state index contributed by atoms with van der Waals surface area (Å²) in [7, 11) is 0. The summed E-state index contributed by atoms with van der Waals surface area (Å²) < 4.78 is 13.5. The number of pyridine rings is 1. The van der Waals surface area contributed by atoms with E-state index in [4.69, 9.17) is 15.2 Å². The summed E-state index contributed by atoms with van der Waals surface area (Å²) in [4.78, 5) is 30.7. The molecule has 0 aliphatic heterocycles. The van der Waals surface area contributed by atoms with Gasteiger partial charge in [-0.15, -0.1) is 12.4 Å². The van der Waals surface area contributed by atoms with Crippen LogP contribution in [0.1, 0.15) is 42.6 Å². The number of β-amino-alcohol motifs (C(OH)–C–C–N with tert-alkyl or cyclic N) is 1. The summed E-state index contributed by atoms with van der Waals surface area (Å²) in [6, 6.07) is 16.4. The lowest BCUT2D eigenvalue weighted by Gasteiger charge is -2.28. The average Bonchev–Trinajstić information content (AvgIpc) is 3.69. The summed E-state index contributed by atoms with van der Waals surface area (Å²) in [5.74, 6) is 1.60. The number of ether oxygens (including phenoxy) is 2. The third-order valence-corrected chi connectivity index (χ3v) is 6.95. The Balaban J connectivity index is 0.00000387. The maximum absolute atomic E-state index is 12.5. The number of nitrogens with two attached hydrogens (primary N) is 1. The second-order valence-electron chi connectivity index (χ2n) is 11.0. The minimum absolute atomic E-state index is 0. The molecule has 0 bridgehead atoms. The van der Waals surface area contributed by atoms with Crippen molar-refractivity contribution in [2.75, 3.05) is 13.2 Å². The number of primary amides is 1. The van der Waals surface area contributed by atoms with Crippen LogP contribution in [0.4, 0.5) is 0 Å². The van der Waals surface area contributed by atoms with Gasteiger partial charge in [0.05, 0.1) is 11.1 Å². The first-order valence-electron chi connectivity index (χ1n) is 13.5. The molecule has 10 nitrogen and oxygen atoms in total. The maximum atomic E-state index is 12.5. The first-order chi connectivity index (χ1) is 19.2. The molecule has 5 rings (SSSR count). The quantitative estimate of drug-likeness (QED) is 0.188. The van der Waals surface area contributed by atoms with Crippen molar-refractivity contribution in [2.24, 2.45) is 11.7 Å². The van der Waals surface area contributed by atoms with Crippen LogP contribution in [0.3, 0.4) is 0 Å². The zero-order valence-corrected chi connectivity index (χ0v) is 23.9. The van der Waals surface area contributed by atoms with E-state index in [9.17, 15) is 14.7 Å². The second-order valence-corrected chi connectivity index (χ2v) is 11.0. The van der Waals surface area contributed by atoms with Gasteiger partial charge in [-0.05, 0) is 74.9 Å². The van der Waals surface area contributed by atoms with Gasteiger partial charge >= 0.3 is 5.69 Å². The van der Waals surface area contributed by atoms with Crippen LogP contribution < -0.4 is 26.2 Å². The van der Waals surface area contributed by atoms with Crippen LogP contribution in [0.2, 0.25) is 0 Å². The predicted molar refractivity (Wildman–Crippen MR) is 159 cm³/mol. The van der Waals surface area contributed by atoms with Crippen molar-refractivity contribution in [2.45, 2.75) is 51.3 Å². The molecule has 41 heavy (non-hydrogen) atoms. The number of halogens is 1. The number of hydrogen-bond donors (Lipinski definition) is 4. The number of nitrogens with zero attached hydrogens (tertiary/aromatic N) is 2. The molecule has 0 radical (unpaired) electrons. The molecule has 5 N–H and O–H groups in total. The number of hydrogen-bond acceptors (Lipinski definition) is 7. The maximum Gasteiger partial charge on any atom is 0.326 e. The highest BCUT2D eigenvalue weighted by atomic mass is 35.5. The lowest BCUT2D eigenvalue weighted by atomic mass is 9.94. The normalized spacial score (nSPS) is 13.9. The van der Waals surface area contributed by atoms with Crippen molar-refractivity contribution < 1.29 is 19.4 Å². The predicted octanol–water partition coefficient (Wildman–Crippen LogP) is 3.80. The first-order valence-corrected chi connectivity index (χ1v) is 13.5. The summed E-state index contributed by atoms with van der Waals surface area (Å²) in [5.41, 5.74) is 7.74. The summed E-state index contributed by atoms with van der Waals surface area (Å²) >= 11 is 0. The Labute approximate surface area is 244 Å². The Morgan fingerprint density at radius 3 is 2.61 bits per heavy atom. The number of aliphatic hydroxyl groups excluding tert-OH is 1. The van der Waals surface area contributed by atoms with Gasteiger partial charge in [0.1, 0.15) is 29.7 Å². The Kier molecular flexibility index (Phi) is 9.37. The number of aliphatic hydroxyl groups is 1. The number of benzene rings is 2. The number of carbonyl (C=O) groups excluding carboxylic acids is 1. The van der Waals surface area contributed by atoms with Crippen molar-refractivity contribution >= 4 is 29.3 Å². The van der Waals surface area contributed by atoms with E-state index in [-0.39, 0.29) is 30.2 Å². The molecule has 4 aromatic rings. The molecule has 0 saturated heterocycles. The third-order valence-electron chi connectivity index (χ3n) is 6.95. The van der Waals surface area contributed by atoms with E-state index in [0.717, 1.165) is 35.9 Å². The fraction of sp³-hybridized carbons (Fsp3) is 0.367. The average molecular weight is 582 g/mol. The monoisotopic (exact) mass is 581 g/mol. The largest absolute Gasteiger partial charge is 0.489 e. The Hall–Kier alpha value is -3.86. The van der Waals surface area contributed by atoms with Crippen LogP contribution in [-0.2, 0) is 13.0 Å². The molecule has 1 aliphatic carbocycles. The standard InChI is InChI=1S/C30H35N5O5.ClH/c1-30(2,14-19-8-11-23(12-9-19)40-26-13-10-21(15-32-26)28(31)37)33-16-22(36)18-39-25-5-3-4-24-27(25)35(29(38)34-24)17-20-6-7-20;/h3-5,8-13,15,20,22,33,36H,6-7,14,16-18H2,1-2H3,(H2,31,37)(H,34,38);1H/t22-;/m0./s1. The van der Waals surface area contributed by atoms with E-state index in [1.807, 2.05) is 42.5 Å². The van der Waals surface area contributed by atoms with E-state index in [1.54, 1.807) is 16.7 Å². The van der Waals surface area contributed by atoms with Gasteiger partial charge in [-0.3, -0.25) is 9.36 Å². The van der Waals surface area contributed by atoms with Crippen molar-refractivity contribution in [3.05, 3.63) is 82.4 Å². The Morgan fingerprint density at radius 1 is 1.20 bits per heavy atom. The fourth-order valence-electron chi connectivity index (χ4n) is 4.63. The van der Waals surface area contributed by atoms with Gasteiger partial charge in [-0.2, -0.15) is 0 Å². The van der Waals surface area contributed by atoms with E-state index in [1.165, 1.54) is 6.20 Å². The molecule has 0 spiro atoms. The van der Waals surface area contributed by atoms with E-state index < -0.39 is 12.0 Å². The number of imidazole rings is 1. The van der Waals surface area contributed by atoms with Crippen LogP contribution in [0, 0.1) is 5.92 Å². The van der Waals surface area contributed by atoms with Crippen LogP contribution in [-0.4, -0.2) is 50.3 Å². The molecule has 11 heteroatoms. The van der Waals surface area contributed by atoms with Gasteiger partial charge in [-0.1, -0.05) is 18.2 Å². The molecule has 2 aromatic heterocycles. The molecule has 2 aromatic carbocycles. The zero-order valence-electron chi connectivity index (χ0n) is 23.1. The summed E-state index contributed by atoms with van der Waals surface area (Å²) in [6.45, 7) is 5.29. The minimum Gasteiger partial charge on any atom is -0.489 e. The van der Waals surface area contributed by atoms with Crippen molar-refractivity contribution in [3.8, 4) is 17.4 Å². The molecule has 2 heterocycles. The van der Waals surface area contributed by atoms with Gasteiger partial charge < -0.3 is 30.6 Å². The van der Waals surface area contributed by atoms with E-state index >= 15 is 0 Å². The fourth-order valence-corrected chi connectivity index (χ4v) is 4.63. The summed E-state index contributed by atoms with van der Waals surface area (Å²) in [6.07, 6.45) is 3.66. The zero-order chi connectivity index (χ0) is 28.3. The Morgan fingerprint density at radius 2 is 1.95 bits per heavy atom. The molecule has 1 saturated carbocycles. The molecule has 1 amide bonds. The number of aromatic amines is 1. The molecule has 1 atom stereocenters. The second kappa shape index (κ2) is 12.8. The number of nitrogens with one attached hydrogen (secondary N) is 2. The molecule has 0 unspecified atom stereocenters. The number of rotatable bonds is 13. The highest BCUT2D eigenvalue weighted by molar-refractivity contribution is 5.92. The molecular formula is C30H36ClN5O5. The van der Waals surface area contributed by atoms with Crippen LogP contribution in [0.5, 0.6) is 17.4 Å². The van der Waals surface area contributed by atoms with Crippen molar-refractivity contribution in [1.82, 2.24) is 19.9 Å². The number of para-hydroxylation sites is 1. The molecular weight excluding hydrogens is 546 g/mol.